The molecule has 0 aliphatic carbocycles. The Morgan fingerprint density at radius 2 is 1.85 bits per heavy atom. The van der Waals surface area contributed by atoms with Gasteiger partial charge in [-0.05, 0) is 48.6 Å². The molecule has 0 aromatic heterocycles. The number of benzene rings is 2. The van der Waals surface area contributed by atoms with Gasteiger partial charge in [-0.15, -0.1) is 0 Å². The number of methoxy groups -OCH3 is 1. The van der Waals surface area contributed by atoms with Gasteiger partial charge in [0.15, 0.2) is 11.5 Å². The van der Waals surface area contributed by atoms with Crippen LogP contribution in [-0.4, -0.2) is 19.7 Å². The van der Waals surface area contributed by atoms with E-state index in [1.165, 1.54) is 0 Å². The van der Waals surface area contributed by atoms with Gasteiger partial charge in [-0.2, -0.15) is 0 Å². The average Bonchev–Trinajstić information content (AvgIpc) is 2.65. The Kier molecular flexibility index (Phi) is 8.45. The predicted octanol–water partition coefficient (Wildman–Crippen LogP) is 5.59. The molecule has 0 unspecified atom stereocenters. The Balaban J connectivity index is 1.89. The maximum Gasteiger partial charge on any atom is 0.319 e. The lowest BCUT2D eigenvalue weighted by Gasteiger charge is -2.14. The number of rotatable bonds is 9. The normalized spacial score (nSPS) is 10.6. The number of anilines is 1. The maximum atomic E-state index is 12.2. The molecule has 6 heteroatoms. The molecule has 0 fully saturated rings. The molecule has 0 aliphatic rings. The number of amides is 2. The number of urea groups is 1. The Hall–Kier alpha value is -2.21. The standard InChI is InChI=1S/C21H27BrN2O3/c1-15(2)5-4-12-27-20-13-18(10-11-19(20)26-3)24-21(25)23-14-16-6-8-17(22)9-7-16/h6-11,13,15H,4-5,12,14H2,1-3H3,(H2,23,24,25). The molecule has 0 saturated carbocycles. The summed E-state index contributed by atoms with van der Waals surface area (Å²) >= 11 is 3.40. The van der Waals surface area contributed by atoms with Gasteiger partial charge < -0.3 is 20.1 Å². The summed E-state index contributed by atoms with van der Waals surface area (Å²) in [5.74, 6) is 1.94. The van der Waals surface area contributed by atoms with E-state index in [1.807, 2.05) is 24.3 Å². The van der Waals surface area contributed by atoms with Crippen molar-refractivity contribution in [2.45, 2.75) is 33.2 Å². The van der Waals surface area contributed by atoms with Crippen molar-refractivity contribution in [2.24, 2.45) is 5.92 Å². The van der Waals surface area contributed by atoms with Crippen molar-refractivity contribution in [3.63, 3.8) is 0 Å². The molecule has 0 spiro atoms. The van der Waals surface area contributed by atoms with E-state index in [0.717, 1.165) is 22.9 Å². The largest absolute Gasteiger partial charge is 0.493 e. The van der Waals surface area contributed by atoms with Crippen LogP contribution in [-0.2, 0) is 6.54 Å². The minimum absolute atomic E-state index is 0.270. The third kappa shape index (κ3) is 7.51. The summed E-state index contributed by atoms with van der Waals surface area (Å²) < 4.78 is 12.2. The van der Waals surface area contributed by atoms with E-state index in [-0.39, 0.29) is 6.03 Å². The first-order valence-electron chi connectivity index (χ1n) is 9.08. The Bertz CT molecular complexity index is 733. The van der Waals surface area contributed by atoms with Gasteiger partial charge in [0, 0.05) is 22.8 Å². The number of nitrogens with one attached hydrogen (secondary N) is 2. The van der Waals surface area contributed by atoms with Gasteiger partial charge in [0.1, 0.15) is 0 Å². The van der Waals surface area contributed by atoms with Crippen LogP contribution >= 0.6 is 15.9 Å². The quantitative estimate of drug-likeness (QED) is 0.505. The van der Waals surface area contributed by atoms with Crippen LogP contribution in [0.2, 0.25) is 0 Å². The van der Waals surface area contributed by atoms with Gasteiger partial charge in [0.05, 0.1) is 13.7 Å². The minimum atomic E-state index is -0.270. The Morgan fingerprint density at radius 3 is 2.52 bits per heavy atom. The molecule has 0 heterocycles. The van der Waals surface area contributed by atoms with Crippen molar-refractivity contribution in [1.82, 2.24) is 5.32 Å². The predicted molar refractivity (Wildman–Crippen MR) is 113 cm³/mol. The van der Waals surface area contributed by atoms with Crippen molar-refractivity contribution in [1.29, 1.82) is 0 Å². The van der Waals surface area contributed by atoms with Gasteiger partial charge in [-0.3, -0.25) is 0 Å². The number of hydrogen-bond donors (Lipinski definition) is 2. The van der Waals surface area contributed by atoms with Crippen LogP contribution in [0.1, 0.15) is 32.3 Å². The minimum Gasteiger partial charge on any atom is -0.493 e. The topological polar surface area (TPSA) is 59.6 Å². The highest BCUT2D eigenvalue weighted by molar-refractivity contribution is 9.10. The monoisotopic (exact) mass is 434 g/mol. The van der Waals surface area contributed by atoms with E-state index in [4.69, 9.17) is 9.47 Å². The van der Waals surface area contributed by atoms with Crippen LogP contribution in [0.3, 0.4) is 0 Å². The fourth-order valence-electron chi connectivity index (χ4n) is 2.50. The van der Waals surface area contributed by atoms with Crippen LogP contribution in [0, 0.1) is 5.92 Å². The fraction of sp³-hybridized carbons (Fsp3) is 0.381. The molecule has 2 N–H and O–H groups in total. The average molecular weight is 435 g/mol. The van der Waals surface area contributed by atoms with Gasteiger partial charge in [-0.25, -0.2) is 4.79 Å². The van der Waals surface area contributed by atoms with Crippen molar-refractivity contribution in [3.8, 4) is 11.5 Å². The van der Waals surface area contributed by atoms with Crippen molar-refractivity contribution >= 4 is 27.6 Å². The summed E-state index contributed by atoms with van der Waals surface area (Å²) in [6, 6.07) is 12.9. The van der Waals surface area contributed by atoms with Crippen molar-refractivity contribution in [2.75, 3.05) is 19.0 Å². The number of ether oxygens (including phenoxy) is 2. The number of halogens is 1. The molecule has 0 atom stereocenters. The van der Waals surface area contributed by atoms with Crippen LogP contribution in [0.15, 0.2) is 46.9 Å². The first-order chi connectivity index (χ1) is 13.0. The number of carbonyl (C=O) groups excluding carboxylic acids is 1. The van der Waals surface area contributed by atoms with Gasteiger partial charge in [0.25, 0.3) is 0 Å². The van der Waals surface area contributed by atoms with Gasteiger partial charge >= 0.3 is 6.03 Å². The molecule has 0 saturated heterocycles. The lowest BCUT2D eigenvalue weighted by atomic mass is 10.1. The summed E-state index contributed by atoms with van der Waals surface area (Å²) in [5.41, 5.74) is 1.68. The summed E-state index contributed by atoms with van der Waals surface area (Å²) in [4.78, 5) is 12.2. The van der Waals surface area contributed by atoms with Crippen LogP contribution < -0.4 is 20.1 Å². The highest BCUT2D eigenvalue weighted by Crippen LogP contribution is 2.30. The third-order valence-corrected chi connectivity index (χ3v) is 4.50. The van der Waals surface area contributed by atoms with E-state index in [1.54, 1.807) is 25.3 Å². The molecule has 2 amide bonds. The van der Waals surface area contributed by atoms with E-state index >= 15 is 0 Å². The highest BCUT2D eigenvalue weighted by Gasteiger charge is 2.08. The smallest absolute Gasteiger partial charge is 0.319 e. The molecular formula is C21H27BrN2O3. The second-order valence-corrected chi connectivity index (χ2v) is 7.60. The molecule has 146 valence electrons. The fourth-order valence-corrected chi connectivity index (χ4v) is 2.77. The molecule has 0 aliphatic heterocycles. The first-order valence-corrected chi connectivity index (χ1v) is 9.87. The summed E-state index contributed by atoms with van der Waals surface area (Å²) in [6.07, 6.45) is 2.09. The number of hydrogen-bond acceptors (Lipinski definition) is 3. The zero-order chi connectivity index (χ0) is 19.6. The third-order valence-electron chi connectivity index (χ3n) is 3.97. The van der Waals surface area contributed by atoms with Crippen molar-refractivity contribution in [3.05, 3.63) is 52.5 Å². The van der Waals surface area contributed by atoms with E-state index in [2.05, 4.69) is 40.4 Å². The van der Waals surface area contributed by atoms with Crippen LogP contribution in [0.4, 0.5) is 10.5 Å². The Morgan fingerprint density at radius 1 is 1.11 bits per heavy atom. The molecule has 2 rings (SSSR count). The molecule has 0 bridgehead atoms. The number of carbonyl (C=O) groups is 1. The van der Waals surface area contributed by atoms with Crippen LogP contribution in [0.25, 0.3) is 0 Å². The van der Waals surface area contributed by atoms with Crippen LogP contribution in [0.5, 0.6) is 11.5 Å². The van der Waals surface area contributed by atoms with E-state index in [9.17, 15) is 4.79 Å². The summed E-state index contributed by atoms with van der Waals surface area (Å²) in [7, 11) is 1.61. The highest BCUT2D eigenvalue weighted by atomic mass is 79.9. The lowest BCUT2D eigenvalue weighted by Crippen LogP contribution is -2.28. The summed E-state index contributed by atoms with van der Waals surface area (Å²) in [6.45, 7) is 5.46. The zero-order valence-corrected chi connectivity index (χ0v) is 17.6. The molecule has 27 heavy (non-hydrogen) atoms. The lowest BCUT2D eigenvalue weighted by molar-refractivity contribution is 0.251. The second-order valence-electron chi connectivity index (χ2n) is 6.68. The molecule has 5 nitrogen and oxygen atoms in total. The van der Waals surface area contributed by atoms with Gasteiger partial charge in [0.2, 0.25) is 0 Å². The van der Waals surface area contributed by atoms with E-state index in [0.29, 0.717) is 36.3 Å². The van der Waals surface area contributed by atoms with E-state index < -0.39 is 0 Å². The molecule has 2 aromatic carbocycles. The zero-order valence-electron chi connectivity index (χ0n) is 16.0. The van der Waals surface area contributed by atoms with Crippen molar-refractivity contribution < 1.29 is 14.3 Å². The maximum absolute atomic E-state index is 12.2. The Labute approximate surface area is 169 Å². The molecule has 2 aromatic rings. The summed E-state index contributed by atoms with van der Waals surface area (Å²) in [5, 5.41) is 5.67. The second kappa shape index (κ2) is 10.8. The SMILES string of the molecule is COc1ccc(NC(=O)NCc2ccc(Br)cc2)cc1OCCCC(C)C. The first kappa shape index (κ1) is 21.1. The molecule has 0 radical (unpaired) electrons. The van der Waals surface area contributed by atoms with Gasteiger partial charge in [-0.1, -0.05) is 41.9 Å². The molecular weight excluding hydrogens is 408 g/mol.